The van der Waals surface area contributed by atoms with Gasteiger partial charge < -0.3 is 10.2 Å². The molecule has 0 heterocycles. The zero-order valence-electron chi connectivity index (χ0n) is 15.1. The maximum Gasteiger partial charge on any atom is 0.242 e. The molecule has 128 valence electrons. The minimum absolute atomic E-state index is 0.0121. The summed E-state index contributed by atoms with van der Waals surface area (Å²) in [6, 6.07) is 7.67. The lowest BCUT2D eigenvalue weighted by Gasteiger charge is -2.30. The lowest BCUT2D eigenvalue weighted by Crippen LogP contribution is -2.49. The molecule has 0 saturated heterocycles. The van der Waals surface area contributed by atoms with Crippen molar-refractivity contribution in [3.05, 3.63) is 35.4 Å². The van der Waals surface area contributed by atoms with Gasteiger partial charge in [0.1, 0.15) is 6.04 Å². The monoisotopic (exact) mass is 318 g/mol. The van der Waals surface area contributed by atoms with Crippen molar-refractivity contribution in [1.29, 1.82) is 0 Å². The fraction of sp³-hybridized carbons (Fsp3) is 0.579. The Labute approximate surface area is 140 Å². The molecule has 1 N–H and O–H groups in total. The van der Waals surface area contributed by atoms with E-state index in [-0.39, 0.29) is 11.8 Å². The number of carbonyl (C=O) groups excluding carboxylic acids is 2. The summed E-state index contributed by atoms with van der Waals surface area (Å²) in [4.78, 5) is 26.6. The van der Waals surface area contributed by atoms with Gasteiger partial charge in [0.2, 0.25) is 11.8 Å². The summed E-state index contributed by atoms with van der Waals surface area (Å²) in [5.41, 5.74) is 2.21. The van der Waals surface area contributed by atoms with Gasteiger partial charge >= 0.3 is 0 Å². The van der Waals surface area contributed by atoms with Crippen molar-refractivity contribution in [3.63, 3.8) is 0 Å². The van der Waals surface area contributed by atoms with Gasteiger partial charge in [-0.25, -0.2) is 0 Å². The molecule has 1 atom stereocenters. The first kappa shape index (κ1) is 19.2. The fourth-order valence-corrected chi connectivity index (χ4v) is 2.55. The van der Waals surface area contributed by atoms with Gasteiger partial charge in [-0.1, -0.05) is 57.5 Å². The van der Waals surface area contributed by atoms with Gasteiger partial charge in [-0.05, 0) is 24.8 Å². The molecule has 0 spiro atoms. The molecule has 0 unspecified atom stereocenters. The largest absolute Gasteiger partial charge is 0.354 e. The molecule has 0 radical (unpaired) electrons. The number of rotatable bonds is 8. The topological polar surface area (TPSA) is 49.4 Å². The SMILES string of the molecule is CCC(=O)N(Cc1cccc(C)c1)[C@H](CC)C(=O)NCC(C)C. The molecule has 0 aliphatic heterocycles. The zero-order chi connectivity index (χ0) is 17.4. The highest BCUT2D eigenvalue weighted by Crippen LogP contribution is 2.14. The van der Waals surface area contributed by atoms with Crippen LogP contribution in [0.2, 0.25) is 0 Å². The summed E-state index contributed by atoms with van der Waals surface area (Å²) in [6.45, 7) is 11.0. The van der Waals surface area contributed by atoms with Crippen LogP contribution in [0.1, 0.15) is 51.7 Å². The highest BCUT2D eigenvalue weighted by molar-refractivity contribution is 5.87. The zero-order valence-corrected chi connectivity index (χ0v) is 15.1. The Balaban J connectivity index is 2.93. The molecule has 0 fully saturated rings. The normalized spacial score (nSPS) is 12.1. The van der Waals surface area contributed by atoms with Crippen LogP contribution in [0.3, 0.4) is 0 Å². The van der Waals surface area contributed by atoms with E-state index in [4.69, 9.17) is 0 Å². The minimum atomic E-state index is -0.415. The fourth-order valence-electron chi connectivity index (χ4n) is 2.55. The Kier molecular flexibility index (Phi) is 7.79. The van der Waals surface area contributed by atoms with E-state index in [1.807, 2.05) is 39.0 Å². The summed E-state index contributed by atoms with van der Waals surface area (Å²) in [6.07, 6.45) is 1.02. The molecular weight excluding hydrogens is 288 g/mol. The second kappa shape index (κ2) is 9.33. The molecule has 0 saturated carbocycles. The third-order valence-corrected chi connectivity index (χ3v) is 3.81. The van der Waals surface area contributed by atoms with Crippen LogP contribution in [0.15, 0.2) is 24.3 Å². The first-order valence-corrected chi connectivity index (χ1v) is 8.51. The van der Waals surface area contributed by atoms with Crippen LogP contribution >= 0.6 is 0 Å². The molecule has 0 aromatic heterocycles. The van der Waals surface area contributed by atoms with Crippen LogP contribution in [-0.2, 0) is 16.1 Å². The number of benzene rings is 1. The van der Waals surface area contributed by atoms with Gasteiger partial charge in [0.05, 0.1) is 0 Å². The summed E-state index contributed by atoms with van der Waals surface area (Å²) < 4.78 is 0. The second-order valence-electron chi connectivity index (χ2n) is 6.43. The third kappa shape index (κ3) is 6.05. The average molecular weight is 318 g/mol. The number of hydrogen-bond acceptors (Lipinski definition) is 2. The van der Waals surface area contributed by atoms with E-state index >= 15 is 0 Å². The Hall–Kier alpha value is -1.84. The number of hydrogen-bond donors (Lipinski definition) is 1. The number of nitrogens with zero attached hydrogens (tertiary/aromatic N) is 1. The maximum atomic E-state index is 12.5. The van der Waals surface area contributed by atoms with E-state index in [2.05, 4.69) is 25.2 Å². The van der Waals surface area contributed by atoms with E-state index in [1.165, 1.54) is 0 Å². The summed E-state index contributed by atoms with van der Waals surface area (Å²) >= 11 is 0. The number of aryl methyl sites for hydroxylation is 1. The van der Waals surface area contributed by atoms with Crippen molar-refractivity contribution in [2.45, 2.75) is 60.0 Å². The molecule has 2 amide bonds. The van der Waals surface area contributed by atoms with Gasteiger partial charge in [0.15, 0.2) is 0 Å². The summed E-state index contributed by atoms with van der Waals surface area (Å²) in [7, 11) is 0. The Morgan fingerprint density at radius 1 is 1.22 bits per heavy atom. The van der Waals surface area contributed by atoms with Crippen molar-refractivity contribution in [1.82, 2.24) is 10.2 Å². The van der Waals surface area contributed by atoms with Crippen molar-refractivity contribution in [3.8, 4) is 0 Å². The van der Waals surface area contributed by atoms with Gasteiger partial charge in [0.25, 0.3) is 0 Å². The number of carbonyl (C=O) groups is 2. The smallest absolute Gasteiger partial charge is 0.242 e. The second-order valence-corrected chi connectivity index (χ2v) is 6.43. The lowest BCUT2D eigenvalue weighted by atomic mass is 10.1. The molecular formula is C19H30N2O2. The van der Waals surface area contributed by atoms with Crippen molar-refractivity contribution in [2.75, 3.05) is 6.54 Å². The average Bonchev–Trinajstić information content (AvgIpc) is 2.52. The van der Waals surface area contributed by atoms with Crippen LogP contribution < -0.4 is 5.32 Å². The van der Waals surface area contributed by atoms with E-state index < -0.39 is 6.04 Å². The predicted octanol–water partition coefficient (Wildman–Crippen LogP) is 3.28. The van der Waals surface area contributed by atoms with Crippen LogP contribution in [0.25, 0.3) is 0 Å². The molecule has 0 aliphatic rings. The van der Waals surface area contributed by atoms with Crippen molar-refractivity contribution >= 4 is 11.8 Å². The number of nitrogens with one attached hydrogen (secondary N) is 1. The molecule has 1 aromatic rings. The lowest BCUT2D eigenvalue weighted by molar-refractivity contribution is -0.141. The third-order valence-electron chi connectivity index (χ3n) is 3.81. The minimum Gasteiger partial charge on any atom is -0.354 e. The van der Waals surface area contributed by atoms with Gasteiger partial charge in [-0.15, -0.1) is 0 Å². The van der Waals surface area contributed by atoms with Gasteiger partial charge in [-0.3, -0.25) is 9.59 Å². The molecule has 0 aliphatic carbocycles. The molecule has 4 heteroatoms. The molecule has 1 rings (SSSR count). The van der Waals surface area contributed by atoms with Crippen LogP contribution in [0.5, 0.6) is 0 Å². The molecule has 4 nitrogen and oxygen atoms in total. The van der Waals surface area contributed by atoms with Crippen LogP contribution in [0.4, 0.5) is 0 Å². The summed E-state index contributed by atoms with van der Waals surface area (Å²) in [5.74, 6) is 0.345. The quantitative estimate of drug-likeness (QED) is 0.799. The first-order valence-electron chi connectivity index (χ1n) is 8.51. The van der Waals surface area contributed by atoms with Crippen molar-refractivity contribution < 1.29 is 9.59 Å². The Morgan fingerprint density at radius 3 is 2.43 bits per heavy atom. The first-order chi connectivity index (χ1) is 10.9. The molecule has 1 aromatic carbocycles. The van der Waals surface area contributed by atoms with Gasteiger partial charge in [0, 0.05) is 19.5 Å². The Bertz CT molecular complexity index is 526. The van der Waals surface area contributed by atoms with Crippen LogP contribution in [-0.4, -0.2) is 29.3 Å². The molecule has 23 heavy (non-hydrogen) atoms. The van der Waals surface area contributed by atoms with E-state index in [9.17, 15) is 9.59 Å². The predicted molar refractivity (Wildman–Crippen MR) is 93.9 cm³/mol. The summed E-state index contributed by atoms with van der Waals surface area (Å²) in [5, 5.41) is 2.96. The van der Waals surface area contributed by atoms with E-state index in [0.29, 0.717) is 31.8 Å². The van der Waals surface area contributed by atoms with Gasteiger partial charge in [-0.2, -0.15) is 0 Å². The van der Waals surface area contributed by atoms with Crippen LogP contribution in [0, 0.1) is 12.8 Å². The molecule has 0 bridgehead atoms. The highest BCUT2D eigenvalue weighted by Gasteiger charge is 2.27. The number of amides is 2. The standard InChI is InChI=1S/C19H30N2O2/c1-6-17(19(23)20-12-14(3)4)21(18(22)7-2)13-16-10-8-9-15(5)11-16/h8-11,14,17H,6-7,12-13H2,1-5H3,(H,20,23)/t17-/m1/s1. The van der Waals surface area contributed by atoms with Crippen molar-refractivity contribution in [2.24, 2.45) is 5.92 Å². The maximum absolute atomic E-state index is 12.5. The van der Waals surface area contributed by atoms with E-state index in [0.717, 1.165) is 11.1 Å². The highest BCUT2D eigenvalue weighted by atomic mass is 16.2. The van der Waals surface area contributed by atoms with E-state index in [1.54, 1.807) is 4.90 Å². The Morgan fingerprint density at radius 2 is 1.91 bits per heavy atom.